The molecule has 0 aromatic heterocycles. The molecule has 1 aliphatic heterocycles. The van der Waals surface area contributed by atoms with Gasteiger partial charge in [0.15, 0.2) is 9.84 Å². The Balaban J connectivity index is 0.00000338. The summed E-state index contributed by atoms with van der Waals surface area (Å²) in [6.45, 7) is 5.96. The van der Waals surface area contributed by atoms with Crippen LogP contribution in [0.15, 0.2) is 29.2 Å². The van der Waals surface area contributed by atoms with E-state index in [1.807, 2.05) is 11.8 Å². The standard InChI is InChI=1S/C18H27FN2O3S.ClH/c1-3-12-21(16-8-10-20-11-9-16)18(22)13-14(2)25(23,24)17-6-4-15(19)5-7-17;/h4-7,14,16,20H,3,8-13H2,1-2H3;1H. The molecule has 1 aliphatic rings. The summed E-state index contributed by atoms with van der Waals surface area (Å²) in [5.74, 6) is -0.602. The zero-order valence-corrected chi connectivity index (χ0v) is 16.9. The van der Waals surface area contributed by atoms with Crippen molar-refractivity contribution in [2.45, 2.75) is 55.7 Å². The maximum atomic E-state index is 13.0. The Bertz CT molecular complexity index is 676. The number of piperidine rings is 1. The average Bonchev–Trinajstić information content (AvgIpc) is 2.60. The highest BCUT2D eigenvalue weighted by molar-refractivity contribution is 7.92. The van der Waals surface area contributed by atoms with E-state index in [4.69, 9.17) is 0 Å². The number of halogens is 2. The molecule has 0 spiro atoms. The van der Waals surface area contributed by atoms with Gasteiger partial charge in [-0.25, -0.2) is 12.8 Å². The fraction of sp³-hybridized carbons (Fsp3) is 0.611. The van der Waals surface area contributed by atoms with E-state index in [2.05, 4.69) is 5.32 Å². The Morgan fingerprint density at radius 1 is 1.27 bits per heavy atom. The van der Waals surface area contributed by atoms with Gasteiger partial charge >= 0.3 is 0 Å². The SMILES string of the molecule is CCCN(C(=O)CC(C)S(=O)(=O)c1ccc(F)cc1)C1CCNCC1.Cl. The van der Waals surface area contributed by atoms with Crippen molar-refractivity contribution in [1.82, 2.24) is 10.2 Å². The Hall–Kier alpha value is -1.18. The van der Waals surface area contributed by atoms with E-state index < -0.39 is 20.9 Å². The van der Waals surface area contributed by atoms with E-state index in [9.17, 15) is 17.6 Å². The van der Waals surface area contributed by atoms with Crippen molar-refractivity contribution in [2.24, 2.45) is 0 Å². The van der Waals surface area contributed by atoms with Crippen molar-refractivity contribution >= 4 is 28.2 Å². The van der Waals surface area contributed by atoms with E-state index in [0.29, 0.717) is 6.54 Å². The third-order valence-electron chi connectivity index (χ3n) is 4.67. The summed E-state index contributed by atoms with van der Waals surface area (Å²) in [4.78, 5) is 14.7. The van der Waals surface area contributed by atoms with Gasteiger partial charge in [0.25, 0.3) is 0 Å². The molecule has 1 saturated heterocycles. The fourth-order valence-electron chi connectivity index (χ4n) is 3.20. The first kappa shape index (κ1) is 22.9. The monoisotopic (exact) mass is 406 g/mol. The van der Waals surface area contributed by atoms with Crippen LogP contribution in [0.3, 0.4) is 0 Å². The van der Waals surface area contributed by atoms with E-state index in [0.717, 1.165) is 44.5 Å². The Morgan fingerprint density at radius 3 is 2.38 bits per heavy atom. The number of amides is 1. The molecule has 1 amide bonds. The lowest BCUT2D eigenvalue weighted by Gasteiger charge is -2.35. The lowest BCUT2D eigenvalue weighted by molar-refractivity contribution is -0.134. The molecule has 1 aromatic rings. The normalized spacial score (nSPS) is 16.6. The molecule has 0 radical (unpaired) electrons. The van der Waals surface area contributed by atoms with Gasteiger partial charge in [-0.05, 0) is 63.5 Å². The van der Waals surface area contributed by atoms with Crippen LogP contribution < -0.4 is 5.32 Å². The largest absolute Gasteiger partial charge is 0.340 e. The van der Waals surface area contributed by atoms with Gasteiger partial charge in [-0.15, -0.1) is 12.4 Å². The zero-order chi connectivity index (χ0) is 18.4. The van der Waals surface area contributed by atoms with Crippen LogP contribution in [0.2, 0.25) is 0 Å². The highest BCUT2D eigenvalue weighted by atomic mass is 35.5. The fourth-order valence-corrected chi connectivity index (χ4v) is 4.54. The van der Waals surface area contributed by atoms with Crippen LogP contribution in [0.25, 0.3) is 0 Å². The van der Waals surface area contributed by atoms with Crippen LogP contribution in [0.5, 0.6) is 0 Å². The summed E-state index contributed by atoms with van der Waals surface area (Å²) in [7, 11) is -3.66. The molecule has 1 N–H and O–H groups in total. The number of carbonyl (C=O) groups is 1. The van der Waals surface area contributed by atoms with Crippen LogP contribution in [-0.2, 0) is 14.6 Å². The number of carbonyl (C=O) groups excluding carboxylic acids is 1. The summed E-state index contributed by atoms with van der Waals surface area (Å²) < 4.78 is 38.3. The second-order valence-electron chi connectivity index (χ2n) is 6.58. The summed E-state index contributed by atoms with van der Waals surface area (Å²) in [6.07, 6.45) is 2.58. The molecule has 5 nitrogen and oxygen atoms in total. The number of rotatable bonds is 7. The van der Waals surface area contributed by atoms with Crippen LogP contribution in [0.1, 0.15) is 39.5 Å². The van der Waals surface area contributed by atoms with Crippen molar-refractivity contribution in [3.05, 3.63) is 30.1 Å². The first-order valence-electron chi connectivity index (χ1n) is 8.86. The molecular weight excluding hydrogens is 379 g/mol. The number of hydrogen-bond donors (Lipinski definition) is 1. The summed E-state index contributed by atoms with van der Waals surface area (Å²) in [5, 5.41) is 2.44. The molecule has 1 aromatic carbocycles. The lowest BCUT2D eigenvalue weighted by Crippen LogP contribution is -2.47. The molecule has 26 heavy (non-hydrogen) atoms. The molecule has 2 rings (SSSR count). The zero-order valence-electron chi connectivity index (χ0n) is 15.3. The van der Waals surface area contributed by atoms with Crippen molar-refractivity contribution in [3.8, 4) is 0 Å². The predicted octanol–water partition coefficient (Wildman–Crippen LogP) is 2.79. The van der Waals surface area contributed by atoms with Gasteiger partial charge in [0, 0.05) is 19.0 Å². The third kappa shape index (κ3) is 5.66. The maximum Gasteiger partial charge on any atom is 0.224 e. The van der Waals surface area contributed by atoms with Crippen LogP contribution in [0.4, 0.5) is 4.39 Å². The molecule has 1 heterocycles. The van der Waals surface area contributed by atoms with Gasteiger partial charge in [-0.3, -0.25) is 4.79 Å². The molecule has 148 valence electrons. The topological polar surface area (TPSA) is 66.5 Å². The molecule has 0 aliphatic carbocycles. The summed E-state index contributed by atoms with van der Waals surface area (Å²) in [5.41, 5.74) is 0. The lowest BCUT2D eigenvalue weighted by atomic mass is 10.0. The average molecular weight is 407 g/mol. The molecule has 1 atom stereocenters. The molecule has 1 unspecified atom stereocenters. The number of nitrogens with one attached hydrogen (secondary N) is 1. The number of hydrogen-bond acceptors (Lipinski definition) is 4. The Morgan fingerprint density at radius 2 is 1.85 bits per heavy atom. The maximum absolute atomic E-state index is 13.0. The molecule has 0 saturated carbocycles. The molecule has 8 heteroatoms. The van der Waals surface area contributed by atoms with Crippen molar-refractivity contribution in [2.75, 3.05) is 19.6 Å². The number of nitrogens with zero attached hydrogens (tertiary/aromatic N) is 1. The number of benzene rings is 1. The van der Waals surface area contributed by atoms with Gasteiger partial charge in [0.2, 0.25) is 5.91 Å². The minimum absolute atomic E-state index is 0. The first-order valence-corrected chi connectivity index (χ1v) is 10.4. The summed E-state index contributed by atoms with van der Waals surface area (Å²) in [6, 6.07) is 4.93. The van der Waals surface area contributed by atoms with Crippen molar-refractivity contribution < 1.29 is 17.6 Å². The first-order chi connectivity index (χ1) is 11.9. The Labute approximate surface area is 161 Å². The number of sulfone groups is 1. The van der Waals surface area contributed by atoms with Crippen LogP contribution >= 0.6 is 12.4 Å². The minimum atomic E-state index is -3.66. The van der Waals surface area contributed by atoms with Gasteiger partial charge in [0.05, 0.1) is 10.1 Å². The van der Waals surface area contributed by atoms with Crippen molar-refractivity contribution in [3.63, 3.8) is 0 Å². The van der Waals surface area contributed by atoms with Crippen LogP contribution in [-0.4, -0.2) is 50.2 Å². The summed E-state index contributed by atoms with van der Waals surface area (Å²) >= 11 is 0. The van der Waals surface area contributed by atoms with E-state index in [1.165, 1.54) is 12.1 Å². The van der Waals surface area contributed by atoms with Gasteiger partial charge in [-0.1, -0.05) is 6.92 Å². The van der Waals surface area contributed by atoms with Gasteiger partial charge < -0.3 is 10.2 Å². The van der Waals surface area contributed by atoms with E-state index in [-0.39, 0.29) is 35.7 Å². The smallest absolute Gasteiger partial charge is 0.224 e. The molecular formula is C18H28ClFN2O3S. The van der Waals surface area contributed by atoms with E-state index in [1.54, 1.807) is 6.92 Å². The second-order valence-corrected chi connectivity index (χ2v) is 8.95. The highest BCUT2D eigenvalue weighted by Crippen LogP contribution is 2.21. The molecule has 1 fully saturated rings. The van der Waals surface area contributed by atoms with Gasteiger partial charge in [-0.2, -0.15) is 0 Å². The predicted molar refractivity (Wildman–Crippen MR) is 103 cm³/mol. The quantitative estimate of drug-likeness (QED) is 0.707. The third-order valence-corrected chi connectivity index (χ3v) is 6.82. The van der Waals surface area contributed by atoms with Gasteiger partial charge in [0.1, 0.15) is 5.82 Å². The van der Waals surface area contributed by atoms with Crippen LogP contribution in [0, 0.1) is 5.82 Å². The highest BCUT2D eigenvalue weighted by Gasteiger charge is 2.30. The van der Waals surface area contributed by atoms with E-state index >= 15 is 0 Å². The minimum Gasteiger partial charge on any atom is -0.340 e. The van der Waals surface area contributed by atoms with Crippen molar-refractivity contribution in [1.29, 1.82) is 0 Å². The molecule has 0 bridgehead atoms. The second kappa shape index (κ2) is 10.2. The Kier molecular flexibility index (Phi) is 9.00.